The summed E-state index contributed by atoms with van der Waals surface area (Å²) >= 11 is 0. The highest BCUT2D eigenvalue weighted by Crippen LogP contribution is 2.41. The first-order valence-corrected chi connectivity index (χ1v) is 11.0. The minimum atomic E-state index is -0.470. The van der Waals surface area contributed by atoms with Crippen molar-refractivity contribution in [2.75, 3.05) is 25.1 Å². The molecule has 2 amide bonds. The average Bonchev–Trinajstić information content (AvgIpc) is 2.79. The predicted octanol–water partition coefficient (Wildman–Crippen LogP) is 4.58. The standard InChI is InChI=1S/C25H29FN2O3/c1-17-13-15-27(16-14-17)25(30)22-11-12-23(29)28(20-7-9-21(31-2)10-8-20)24(22)18-3-5-19(26)6-4-18/h3-10,17,22,24H,11-16H2,1-2H3. The number of carbonyl (C=O) groups excluding carboxylic acids is 2. The van der Waals surface area contributed by atoms with Crippen LogP contribution in [0.4, 0.5) is 10.1 Å². The van der Waals surface area contributed by atoms with Crippen LogP contribution in [0.2, 0.25) is 0 Å². The maximum Gasteiger partial charge on any atom is 0.228 e. The molecule has 5 nitrogen and oxygen atoms in total. The second kappa shape index (κ2) is 9.08. The van der Waals surface area contributed by atoms with Gasteiger partial charge in [0.05, 0.1) is 19.1 Å². The molecule has 164 valence electrons. The Balaban J connectivity index is 1.71. The molecule has 2 unspecified atom stereocenters. The van der Waals surface area contributed by atoms with Gasteiger partial charge in [-0.15, -0.1) is 0 Å². The lowest BCUT2D eigenvalue weighted by atomic mass is 9.82. The Morgan fingerprint density at radius 1 is 1.00 bits per heavy atom. The number of ether oxygens (including phenoxy) is 1. The quantitative estimate of drug-likeness (QED) is 0.722. The molecule has 0 aliphatic carbocycles. The number of benzene rings is 2. The molecule has 2 heterocycles. The molecule has 6 heteroatoms. The van der Waals surface area contributed by atoms with Gasteiger partial charge < -0.3 is 14.5 Å². The highest BCUT2D eigenvalue weighted by Gasteiger charge is 2.43. The summed E-state index contributed by atoms with van der Waals surface area (Å²) in [5.74, 6) is 0.679. The van der Waals surface area contributed by atoms with Crippen LogP contribution in [0.1, 0.15) is 44.2 Å². The number of nitrogens with zero attached hydrogens (tertiary/aromatic N) is 2. The number of hydrogen-bond donors (Lipinski definition) is 0. The molecule has 2 fully saturated rings. The lowest BCUT2D eigenvalue weighted by Gasteiger charge is -2.43. The van der Waals surface area contributed by atoms with Gasteiger partial charge in [-0.05, 0) is 67.1 Å². The molecular formula is C25H29FN2O3. The van der Waals surface area contributed by atoms with Crippen molar-refractivity contribution in [2.45, 2.75) is 38.6 Å². The lowest BCUT2D eigenvalue weighted by molar-refractivity contribution is -0.139. The molecule has 31 heavy (non-hydrogen) atoms. The first-order valence-electron chi connectivity index (χ1n) is 11.0. The summed E-state index contributed by atoms with van der Waals surface area (Å²) in [6, 6.07) is 13.0. The van der Waals surface area contributed by atoms with E-state index in [0.29, 0.717) is 30.2 Å². The molecule has 0 bridgehead atoms. The van der Waals surface area contributed by atoms with Gasteiger partial charge in [0.15, 0.2) is 0 Å². The molecule has 0 saturated carbocycles. The third-order valence-electron chi connectivity index (χ3n) is 6.57. The second-order valence-corrected chi connectivity index (χ2v) is 8.61. The molecule has 2 aromatic carbocycles. The maximum absolute atomic E-state index is 13.6. The van der Waals surface area contributed by atoms with Crippen LogP contribution in [-0.2, 0) is 9.59 Å². The second-order valence-electron chi connectivity index (χ2n) is 8.61. The Morgan fingerprint density at radius 3 is 2.26 bits per heavy atom. The first-order chi connectivity index (χ1) is 15.0. The summed E-state index contributed by atoms with van der Waals surface area (Å²) in [6.45, 7) is 3.72. The van der Waals surface area contributed by atoms with E-state index in [1.54, 1.807) is 24.1 Å². The van der Waals surface area contributed by atoms with Crippen LogP contribution in [0.25, 0.3) is 0 Å². The largest absolute Gasteiger partial charge is 0.497 e. The van der Waals surface area contributed by atoms with Gasteiger partial charge in [-0.1, -0.05) is 19.1 Å². The molecule has 4 rings (SSSR count). The van der Waals surface area contributed by atoms with Crippen LogP contribution in [0, 0.1) is 17.7 Å². The van der Waals surface area contributed by atoms with Gasteiger partial charge in [0.25, 0.3) is 0 Å². The summed E-state index contributed by atoms with van der Waals surface area (Å²) < 4.78 is 18.9. The van der Waals surface area contributed by atoms with Gasteiger partial charge in [0, 0.05) is 25.2 Å². The number of halogens is 1. The molecule has 0 radical (unpaired) electrons. The smallest absolute Gasteiger partial charge is 0.228 e. The number of carbonyl (C=O) groups is 2. The van der Waals surface area contributed by atoms with E-state index in [1.165, 1.54) is 12.1 Å². The fraction of sp³-hybridized carbons (Fsp3) is 0.440. The average molecular weight is 425 g/mol. The summed E-state index contributed by atoms with van der Waals surface area (Å²) in [5, 5.41) is 0. The van der Waals surface area contributed by atoms with E-state index in [0.717, 1.165) is 31.5 Å². The molecular weight excluding hydrogens is 395 g/mol. The number of methoxy groups -OCH3 is 1. The van der Waals surface area contributed by atoms with Gasteiger partial charge >= 0.3 is 0 Å². The number of anilines is 1. The fourth-order valence-corrected chi connectivity index (χ4v) is 4.70. The van der Waals surface area contributed by atoms with Crippen molar-refractivity contribution in [3.05, 3.63) is 59.9 Å². The van der Waals surface area contributed by atoms with Gasteiger partial charge in [0.1, 0.15) is 11.6 Å². The van der Waals surface area contributed by atoms with E-state index in [1.807, 2.05) is 29.2 Å². The van der Waals surface area contributed by atoms with Crippen LogP contribution in [0.5, 0.6) is 5.75 Å². The minimum Gasteiger partial charge on any atom is -0.497 e. The van der Waals surface area contributed by atoms with Crippen LogP contribution in [-0.4, -0.2) is 36.9 Å². The number of rotatable bonds is 4. The monoisotopic (exact) mass is 424 g/mol. The van der Waals surface area contributed by atoms with Crippen molar-refractivity contribution < 1.29 is 18.7 Å². The topological polar surface area (TPSA) is 49.9 Å². The van der Waals surface area contributed by atoms with Crippen LogP contribution < -0.4 is 9.64 Å². The van der Waals surface area contributed by atoms with Gasteiger partial charge in [-0.2, -0.15) is 0 Å². The van der Waals surface area contributed by atoms with Crippen molar-refractivity contribution in [2.24, 2.45) is 11.8 Å². The number of hydrogen-bond acceptors (Lipinski definition) is 3. The van der Waals surface area contributed by atoms with Gasteiger partial charge in [-0.3, -0.25) is 9.59 Å². The van der Waals surface area contributed by atoms with E-state index in [-0.39, 0.29) is 23.5 Å². The Labute approximate surface area is 182 Å². The number of piperidine rings is 2. The molecule has 2 saturated heterocycles. The van der Waals surface area contributed by atoms with Crippen LogP contribution in [0.3, 0.4) is 0 Å². The molecule has 0 aromatic heterocycles. The van der Waals surface area contributed by atoms with Crippen LogP contribution in [0.15, 0.2) is 48.5 Å². The zero-order chi connectivity index (χ0) is 22.0. The maximum atomic E-state index is 13.6. The summed E-state index contributed by atoms with van der Waals surface area (Å²) in [5.41, 5.74) is 1.49. The van der Waals surface area contributed by atoms with E-state index in [2.05, 4.69) is 6.92 Å². The SMILES string of the molecule is COc1ccc(N2C(=O)CCC(C(=O)N3CCC(C)CC3)C2c2ccc(F)cc2)cc1. The molecule has 2 atom stereocenters. The normalized spacial score (nSPS) is 22.5. The van der Waals surface area contributed by atoms with Crippen molar-refractivity contribution in [3.8, 4) is 5.75 Å². The first kappa shape index (κ1) is 21.3. The third kappa shape index (κ3) is 4.43. The third-order valence-corrected chi connectivity index (χ3v) is 6.57. The lowest BCUT2D eigenvalue weighted by Crippen LogP contribution is -2.50. The Morgan fingerprint density at radius 2 is 1.65 bits per heavy atom. The molecule has 2 aliphatic rings. The minimum absolute atomic E-state index is 0.0317. The summed E-state index contributed by atoms with van der Waals surface area (Å²) in [7, 11) is 1.59. The van der Waals surface area contributed by atoms with E-state index in [4.69, 9.17) is 4.74 Å². The van der Waals surface area contributed by atoms with Crippen molar-refractivity contribution in [1.82, 2.24) is 4.90 Å². The molecule has 0 N–H and O–H groups in total. The number of likely N-dealkylation sites (tertiary alicyclic amines) is 1. The Kier molecular flexibility index (Phi) is 6.25. The van der Waals surface area contributed by atoms with E-state index >= 15 is 0 Å². The van der Waals surface area contributed by atoms with Crippen LogP contribution >= 0.6 is 0 Å². The zero-order valence-electron chi connectivity index (χ0n) is 18.1. The van der Waals surface area contributed by atoms with E-state index < -0.39 is 6.04 Å². The molecule has 2 aromatic rings. The van der Waals surface area contributed by atoms with Gasteiger partial charge in [-0.25, -0.2) is 4.39 Å². The zero-order valence-corrected chi connectivity index (χ0v) is 18.1. The fourth-order valence-electron chi connectivity index (χ4n) is 4.70. The number of amides is 2. The van der Waals surface area contributed by atoms with Crippen molar-refractivity contribution in [1.29, 1.82) is 0 Å². The van der Waals surface area contributed by atoms with E-state index in [9.17, 15) is 14.0 Å². The molecule has 0 spiro atoms. The highest BCUT2D eigenvalue weighted by atomic mass is 19.1. The van der Waals surface area contributed by atoms with Crippen molar-refractivity contribution in [3.63, 3.8) is 0 Å². The Hall–Kier alpha value is -2.89. The highest BCUT2D eigenvalue weighted by molar-refractivity contribution is 5.97. The summed E-state index contributed by atoms with van der Waals surface area (Å²) in [6.07, 6.45) is 2.81. The molecule has 2 aliphatic heterocycles. The summed E-state index contributed by atoms with van der Waals surface area (Å²) in [4.78, 5) is 30.3. The van der Waals surface area contributed by atoms with Crippen molar-refractivity contribution >= 4 is 17.5 Å². The van der Waals surface area contributed by atoms with Gasteiger partial charge in [0.2, 0.25) is 11.8 Å². The Bertz CT molecular complexity index is 921. The predicted molar refractivity (Wildman–Crippen MR) is 117 cm³/mol.